The van der Waals surface area contributed by atoms with Gasteiger partial charge in [-0.25, -0.2) is 9.78 Å². The molecule has 0 spiro atoms. The average Bonchev–Trinajstić information content (AvgIpc) is 3.22. The molecule has 0 aliphatic rings. The SMILES string of the molecule is Cc1cccn2cc(COc3ccccc3C(=O)NC(C)c3ccc(NC(N)=O)cc3)nc12. The van der Waals surface area contributed by atoms with Crippen LogP contribution in [0, 0.1) is 6.92 Å². The average molecular weight is 444 g/mol. The summed E-state index contributed by atoms with van der Waals surface area (Å²) in [5, 5.41) is 5.50. The van der Waals surface area contributed by atoms with Gasteiger partial charge in [-0.2, -0.15) is 0 Å². The third-order valence-corrected chi connectivity index (χ3v) is 5.26. The molecule has 0 aliphatic carbocycles. The highest BCUT2D eigenvalue weighted by atomic mass is 16.5. The molecule has 1 unspecified atom stereocenters. The number of ether oxygens (including phenoxy) is 1. The van der Waals surface area contributed by atoms with E-state index in [2.05, 4.69) is 15.6 Å². The molecule has 0 aliphatic heterocycles. The van der Waals surface area contributed by atoms with Crippen LogP contribution in [0.5, 0.6) is 5.75 Å². The molecule has 2 heterocycles. The Morgan fingerprint density at radius 1 is 1.09 bits per heavy atom. The smallest absolute Gasteiger partial charge is 0.316 e. The Morgan fingerprint density at radius 2 is 1.85 bits per heavy atom. The standard InChI is InChI=1S/C25H25N5O3/c1-16-6-5-13-30-14-20(28-23(16)30)15-33-22-8-4-3-7-21(22)24(31)27-17(2)18-9-11-19(12-10-18)29-25(26)32/h3-14,17H,15H2,1-2H3,(H,27,31)(H3,26,29,32). The number of aromatic nitrogens is 2. The van der Waals surface area contributed by atoms with E-state index < -0.39 is 6.03 Å². The van der Waals surface area contributed by atoms with Crippen LogP contribution in [0.25, 0.3) is 5.65 Å². The second kappa shape index (κ2) is 9.44. The minimum atomic E-state index is -0.625. The Balaban J connectivity index is 1.44. The fraction of sp³-hybridized carbons (Fsp3) is 0.160. The molecular formula is C25H25N5O3. The first-order chi connectivity index (χ1) is 15.9. The monoisotopic (exact) mass is 443 g/mol. The number of rotatable bonds is 7. The number of para-hydroxylation sites is 1. The number of nitrogens with one attached hydrogen (secondary N) is 2. The van der Waals surface area contributed by atoms with Crippen molar-refractivity contribution in [2.75, 3.05) is 5.32 Å². The number of carbonyl (C=O) groups excluding carboxylic acids is 2. The first-order valence-electron chi connectivity index (χ1n) is 10.5. The first kappa shape index (κ1) is 21.9. The molecule has 0 fully saturated rings. The fourth-order valence-electron chi connectivity index (χ4n) is 3.56. The number of primary amides is 1. The van der Waals surface area contributed by atoms with Gasteiger partial charge in [0.1, 0.15) is 18.0 Å². The van der Waals surface area contributed by atoms with Crippen LogP contribution in [0.3, 0.4) is 0 Å². The molecule has 4 aromatic rings. The number of amides is 3. The molecule has 4 rings (SSSR count). The van der Waals surface area contributed by atoms with Crippen LogP contribution in [-0.4, -0.2) is 21.3 Å². The van der Waals surface area contributed by atoms with Gasteiger partial charge in [0.25, 0.3) is 5.91 Å². The fourth-order valence-corrected chi connectivity index (χ4v) is 3.56. The molecule has 0 radical (unpaired) electrons. The van der Waals surface area contributed by atoms with E-state index in [1.54, 1.807) is 30.3 Å². The quantitative estimate of drug-likeness (QED) is 0.397. The number of anilines is 1. The van der Waals surface area contributed by atoms with Gasteiger partial charge in [-0.1, -0.05) is 30.3 Å². The van der Waals surface area contributed by atoms with Crippen molar-refractivity contribution in [2.45, 2.75) is 26.5 Å². The minimum absolute atomic E-state index is 0.245. The highest BCUT2D eigenvalue weighted by molar-refractivity contribution is 5.97. The highest BCUT2D eigenvalue weighted by Gasteiger charge is 2.16. The van der Waals surface area contributed by atoms with Gasteiger partial charge in [0, 0.05) is 18.1 Å². The first-order valence-corrected chi connectivity index (χ1v) is 10.5. The number of carbonyl (C=O) groups is 2. The number of nitrogens with two attached hydrogens (primary N) is 1. The van der Waals surface area contributed by atoms with Gasteiger partial charge in [0.2, 0.25) is 0 Å². The maximum Gasteiger partial charge on any atom is 0.316 e. The van der Waals surface area contributed by atoms with Gasteiger partial charge >= 0.3 is 6.03 Å². The van der Waals surface area contributed by atoms with Gasteiger partial charge in [0.05, 0.1) is 17.3 Å². The number of hydrogen-bond acceptors (Lipinski definition) is 4. The molecule has 168 valence electrons. The summed E-state index contributed by atoms with van der Waals surface area (Å²) >= 11 is 0. The Kier molecular flexibility index (Phi) is 6.26. The van der Waals surface area contributed by atoms with Crippen molar-refractivity contribution >= 4 is 23.3 Å². The Hall–Kier alpha value is -4.33. The molecule has 8 heteroatoms. The summed E-state index contributed by atoms with van der Waals surface area (Å²) in [4.78, 5) is 28.6. The van der Waals surface area contributed by atoms with Crippen molar-refractivity contribution in [2.24, 2.45) is 5.73 Å². The zero-order chi connectivity index (χ0) is 23.4. The predicted molar refractivity (Wildman–Crippen MR) is 126 cm³/mol. The summed E-state index contributed by atoms with van der Waals surface area (Å²) in [5.41, 5.74) is 9.78. The molecular weight excluding hydrogens is 418 g/mol. The summed E-state index contributed by atoms with van der Waals surface area (Å²) in [5.74, 6) is 0.236. The Labute approximate surface area is 191 Å². The number of aryl methyl sites for hydroxylation is 1. The summed E-state index contributed by atoms with van der Waals surface area (Å²) in [7, 11) is 0. The lowest BCUT2D eigenvalue weighted by Gasteiger charge is -2.16. The second-order valence-corrected chi connectivity index (χ2v) is 7.75. The lowest BCUT2D eigenvalue weighted by atomic mass is 10.1. The summed E-state index contributed by atoms with van der Waals surface area (Å²) < 4.78 is 7.92. The number of imidazole rings is 1. The molecule has 2 aromatic heterocycles. The van der Waals surface area contributed by atoms with Crippen molar-refractivity contribution in [1.82, 2.24) is 14.7 Å². The summed E-state index contributed by atoms with van der Waals surface area (Å²) in [6.45, 7) is 4.14. The van der Waals surface area contributed by atoms with Gasteiger partial charge in [-0.15, -0.1) is 0 Å². The number of fused-ring (bicyclic) bond motifs is 1. The number of pyridine rings is 1. The van der Waals surface area contributed by atoms with Crippen LogP contribution in [-0.2, 0) is 6.61 Å². The molecule has 0 saturated heterocycles. The Bertz CT molecular complexity index is 1300. The largest absolute Gasteiger partial charge is 0.486 e. The van der Waals surface area contributed by atoms with Crippen LogP contribution >= 0.6 is 0 Å². The molecule has 1 atom stereocenters. The lowest BCUT2D eigenvalue weighted by Crippen LogP contribution is -2.27. The van der Waals surface area contributed by atoms with Gasteiger partial charge in [-0.05, 0) is 55.3 Å². The van der Waals surface area contributed by atoms with Crippen molar-refractivity contribution in [3.8, 4) is 5.75 Å². The second-order valence-electron chi connectivity index (χ2n) is 7.75. The van der Waals surface area contributed by atoms with Crippen LogP contribution in [0.15, 0.2) is 73.1 Å². The molecule has 4 N–H and O–H groups in total. The topological polar surface area (TPSA) is 111 Å². The maximum absolute atomic E-state index is 13.0. The van der Waals surface area contributed by atoms with E-state index in [-0.39, 0.29) is 18.6 Å². The zero-order valence-corrected chi connectivity index (χ0v) is 18.4. The van der Waals surface area contributed by atoms with Crippen molar-refractivity contribution in [1.29, 1.82) is 0 Å². The summed E-state index contributed by atoms with van der Waals surface area (Å²) in [6, 6.07) is 17.3. The molecule has 33 heavy (non-hydrogen) atoms. The van der Waals surface area contributed by atoms with E-state index in [0.717, 1.165) is 22.5 Å². The van der Waals surface area contributed by atoms with E-state index in [9.17, 15) is 9.59 Å². The number of urea groups is 1. The Morgan fingerprint density at radius 3 is 2.58 bits per heavy atom. The van der Waals surface area contributed by atoms with Crippen molar-refractivity contribution in [3.63, 3.8) is 0 Å². The number of benzene rings is 2. The van der Waals surface area contributed by atoms with Gasteiger partial charge in [0.15, 0.2) is 0 Å². The lowest BCUT2D eigenvalue weighted by molar-refractivity contribution is 0.0935. The molecule has 0 bridgehead atoms. The van der Waals surface area contributed by atoms with E-state index in [0.29, 0.717) is 17.0 Å². The normalized spacial score (nSPS) is 11.7. The maximum atomic E-state index is 13.0. The highest BCUT2D eigenvalue weighted by Crippen LogP contribution is 2.22. The third-order valence-electron chi connectivity index (χ3n) is 5.26. The zero-order valence-electron chi connectivity index (χ0n) is 18.4. The van der Waals surface area contributed by atoms with Crippen LogP contribution in [0.1, 0.15) is 40.1 Å². The minimum Gasteiger partial charge on any atom is -0.486 e. The van der Waals surface area contributed by atoms with Gasteiger partial charge < -0.3 is 25.5 Å². The van der Waals surface area contributed by atoms with Crippen molar-refractivity contribution in [3.05, 3.63) is 95.4 Å². The molecule has 8 nitrogen and oxygen atoms in total. The summed E-state index contributed by atoms with van der Waals surface area (Å²) in [6.07, 6.45) is 3.86. The van der Waals surface area contributed by atoms with E-state index in [1.165, 1.54) is 0 Å². The van der Waals surface area contributed by atoms with Crippen molar-refractivity contribution < 1.29 is 14.3 Å². The van der Waals surface area contributed by atoms with Crippen LogP contribution in [0.4, 0.5) is 10.5 Å². The van der Waals surface area contributed by atoms with E-state index >= 15 is 0 Å². The van der Waals surface area contributed by atoms with E-state index in [4.69, 9.17) is 10.5 Å². The predicted octanol–water partition coefficient (Wildman–Crippen LogP) is 4.20. The number of hydrogen-bond donors (Lipinski definition) is 3. The van der Waals surface area contributed by atoms with Crippen LogP contribution in [0.2, 0.25) is 0 Å². The van der Waals surface area contributed by atoms with Crippen LogP contribution < -0.4 is 21.1 Å². The molecule has 2 aromatic carbocycles. The molecule has 3 amide bonds. The van der Waals surface area contributed by atoms with E-state index in [1.807, 2.05) is 61.0 Å². The third kappa shape index (κ3) is 5.12. The number of nitrogens with zero attached hydrogens (tertiary/aromatic N) is 2. The van der Waals surface area contributed by atoms with Gasteiger partial charge in [-0.3, -0.25) is 4.79 Å². The molecule has 0 saturated carbocycles.